The Morgan fingerprint density at radius 1 is 1.70 bits per heavy atom. The van der Waals surface area contributed by atoms with Gasteiger partial charge < -0.3 is 4.55 Å². The maximum absolute atomic E-state index is 10.2. The summed E-state index contributed by atoms with van der Waals surface area (Å²) in [6.45, 7) is 0. The van der Waals surface area contributed by atoms with Gasteiger partial charge in [0.2, 0.25) is 0 Å². The molecule has 0 aromatic carbocycles. The van der Waals surface area contributed by atoms with Gasteiger partial charge >= 0.3 is 0 Å². The summed E-state index contributed by atoms with van der Waals surface area (Å²) in [5.41, 5.74) is 0. The van der Waals surface area contributed by atoms with Gasteiger partial charge in [-0.3, -0.25) is 4.21 Å². The molecule has 0 aliphatic carbocycles. The van der Waals surface area contributed by atoms with Crippen LogP contribution in [0.25, 0.3) is 0 Å². The van der Waals surface area contributed by atoms with E-state index in [9.17, 15) is 8.76 Å². The van der Waals surface area contributed by atoms with E-state index in [-0.39, 0.29) is 5.75 Å². The lowest BCUT2D eigenvalue weighted by molar-refractivity contribution is 0.536. The van der Waals surface area contributed by atoms with Gasteiger partial charge in [-0.1, -0.05) is 0 Å². The van der Waals surface area contributed by atoms with Gasteiger partial charge in [-0.05, 0) is 39.1 Å². The number of hydrogen-bond donors (Lipinski definition) is 0. The molecule has 0 amide bonds. The molecule has 2 nitrogen and oxygen atoms in total. The van der Waals surface area contributed by atoms with Crippen molar-refractivity contribution in [3.63, 3.8) is 0 Å². The monoisotopic (exact) mass is 239 g/mol. The van der Waals surface area contributed by atoms with E-state index in [1.807, 2.05) is 6.07 Å². The average Bonchev–Trinajstić information content (AvgIpc) is 2.13. The van der Waals surface area contributed by atoms with Crippen molar-refractivity contribution in [3.05, 3.63) is 20.8 Å². The van der Waals surface area contributed by atoms with Crippen LogP contribution in [-0.2, 0) is 16.8 Å². The third-order valence-corrected chi connectivity index (χ3v) is 3.24. The van der Waals surface area contributed by atoms with E-state index in [2.05, 4.69) is 15.9 Å². The molecule has 1 heterocycles. The minimum absolute atomic E-state index is 0.121. The first kappa shape index (κ1) is 8.39. The first-order valence-corrected chi connectivity index (χ1v) is 5.34. The molecule has 1 aromatic rings. The van der Waals surface area contributed by atoms with Crippen LogP contribution in [0.1, 0.15) is 4.88 Å². The SMILES string of the molecule is O=S([O-])Cc1ccc(Br)s1. The largest absolute Gasteiger partial charge is 0.772 e. The first-order valence-electron chi connectivity index (χ1n) is 2.48. The molecule has 0 radical (unpaired) electrons. The van der Waals surface area contributed by atoms with Gasteiger partial charge in [-0.15, -0.1) is 11.3 Å². The quantitative estimate of drug-likeness (QED) is 0.740. The Hall–Kier alpha value is 0.290. The Balaban J connectivity index is 2.67. The number of halogens is 1. The van der Waals surface area contributed by atoms with E-state index in [0.29, 0.717) is 0 Å². The lowest BCUT2D eigenvalue weighted by Crippen LogP contribution is -1.88. The third-order valence-electron chi connectivity index (χ3n) is 0.889. The summed E-state index contributed by atoms with van der Waals surface area (Å²) in [5.74, 6) is 0.121. The summed E-state index contributed by atoms with van der Waals surface area (Å²) < 4.78 is 21.3. The van der Waals surface area contributed by atoms with Crippen LogP contribution in [0.15, 0.2) is 15.9 Å². The van der Waals surface area contributed by atoms with E-state index >= 15 is 0 Å². The highest BCUT2D eigenvalue weighted by molar-refractivity contribution is 9.11. The molecule has 1 rings (SSSR count). The van der Waals surface area contributed by atoms with Crippen LogP contribution < -0.4 is 0 Å². The summed E-state index contributed by atoms with van der Waals surface area (Å²) in [4.78, 5) is 0.861. The molecule has 10 heavy (non-hydrogen) atoms. The molecule has 0 N–H and O–H groups in total. The van der Waals surface area contributed by atoms with Gasteiger partial charge in [0.1, 0.15) is 0 Å². The van der Waals surface area contributed by atoms with E-state index in [1.54, 1.807) is 6.07 Å². The fourth-order valence-electron chi connectivity index (χ4n) is 0.545. The molecule has 1 aromatic heterocycles. The minimum Gasteiger partial charge on any atom is -0.772 e. The van der Waals surface area contributed by atoms with Crippen LogP contribution in [0.4, 0.5) is 0 Å². The minimum atomic E-state index is -1.96. The molecule has 56 valence electrons. The van der Waals surface area contributed by atoms with Gasteiger partial charge in [-0.25, -0.2) is 0 Å². The maximum atomic E-state index is 10.2. The van der Waals surface area contributed by atoms with Gasteiger partial charge in [0.15, 0.2) is 0 Å². The smallest absolute Gasteiger partial charge is 0.0701 e. The normalized spacial score (nSPS) is 13.4. The fraction of sp³-hybridized carbons (Fsp3) is 0.200. The van der Waals surface area contributed by atoms with Crippen LogP contribution in [0.5, 0.6) is 0 Å². The van der Waals surface area contributed by atoms with Crippen molar-refractivity contribution in [1.29, 1.82) is 0 Å². The standard InChI is InChI=1S/C5H5BrO2S2/c6-5-2-1-4(9-5)3-10(7)8/h1-2H,3H2,(H,7,8)/p-1. The maximum Gasteiger partial charge on any atom is 0.0701 e. The van der Waals surface area contributed by atoms with Crippen molar-refractivity contribution in [2.45, 2.75) is 5.75 Å². The molecule has 1 atom stereocenters. The molecule has 0 saturated heterocycles. The number of thiophene rings is 1. The third kappa shape index (κ3) is 2.49. The molecule has 0 spiro atoms. The second kappa shape index (κ2) is 3.61. The Kier molecular flexibility index (Phi) is 3.03. The highest BCUT2D eigenvalue weighted by Gasteiger charge is 1.95. The lowest BCUT2D eigenvalue weighted by Gasteiger charge is -1.99. The predicted molar refractivity (Wildman–Crippen MR) is 44.6 cm³/mol. The van der Waals surface area contributed by atoms with E-state index in [1.165, 1.54) is 11.3 Å². The molecule has 1 unspecified atom stereocenters. The van der Waals surface area contributed by atoms with Crippen molar-refractivity contribution in [2.24, 2.45) is 0 Å². The van der Waals surface area contributed by atoms with E-state index < -0.39 is 11.1 Å². The Morgan fingerprint density at radius 3 is 2.80 bits per heavy atom. The van der Waals surface area contributed by atoms with Crippen molar-refractivity contribution >= 4 is 38.3 Å². The fourth-order valence-corrected chi connectivity index (χ4v) is 2.68. The topological polar surface area (TPSA) is 40.1 Å². The van der Waals surface area contributed by atoms with Crippen molar-refractivity contribution in [2.75, 3.05) is 0 Å². The summed E-state index contributed by atoms with van der Waals surface area (Å²) >= 11 is 2.72. The van der Waals surface area contributed by atoms with E-state index in [0.717, 1.165) is 8.66 Å². The van der Waals surface area contributed by atoms with Crippen LogP contribution in [-0.4, -0.2) is 8.76 Å². The van der Waals surface area contributed by atoms with Crippen molar-refractivity contribution < 1.29 is 8.76 Å². The van der Waals surface area contributed by atoms with Crippen LogP contribution >= 0.6 is 27.3 Å². The van der Waals surface area contributed by atoms with Crippen LogP contribution in [0, 0.1) is 0 Å². The molecule has 0 aliphatic rings. The summed E-state index contributed by atoms with van der Waals surface area (Å²) in [5, 5.41) is 0. The van der Waals surface area contributed by atoms with Crippen LogP contribution in [0.2, 0.25) is 0 Å². The molecule has 0 aliphatic heterocycles. The molecule has 5 heteroatoms. The second-order valence-corrected chi connectivity index (χ2v) is 5.10. The van der Waals surface area contributed by atoms with Crippen LogP contribution in [0.3, 0.4) is 0 Å². The van der Waals surface area contributed by atoms with Gasteiger partial charge in [0, 0.05) is 10.6 Å². The highest BCUT2D eigenvalue weighted by atomic mass is 79.9. The Labute approximate surface area is 73.7 Å². The lowest BCUT2D eigenvalue weighted by atomic mass is 10.5. The van der Waals surface area contributed by atoms with Crippen molar-refractivity contribution in [1.82, 2.24) is 0 Å². The zero-order valence-corrected chi connectivity index (χ0v) is 8.09. The zero-order chi connectivity index (χ0) is 7.56. The van der Waals surface area contributed by atoms with Gasteiger partial charge in [0.05, 0.1) is 3.79 Å². The van der Waals surface area contributed by atoms with E-state index in [4.69, 9.17) is 0 Å². The van der Waals surface area contributed by atoms with Gasteiger partial charge in [0.25, 0.3) is 0 Å². The molecule has 0 saturated carbocycles. The number of hydrogen-bond acceptors (Lipinski definition) is 3. The summed E-state index contributed by atoms with van der Waals surface area (Å²) in [7, 11) is 0. The Morgan fingerprint density at radius 2 is 2.40 bits per heavy atom. The predicted octanol–water partition coefficient (Wildman–Crippen LogP) is 1.89. The molecule has 0 bridgehead atoms. The molecular weight excluding hydrogens is 236 g/mol. The zero-order valence-electron chi connectivity index (χ0n) is 4.87. The highest BCUT2D eigenvalue weighted by Crippen LogP contribution is 2.22. The molecular formula is C5H4BrO2S2-. The second-order valence-electron chi connectivity index (χ2n) is 1.65. The molecule has 0 fully saturated rings. The van der Waals surface area contributed by atoms with Crippen molar-refractivity contribution in [3.8, 4) is 0 Å². The van der Waals surface area contributed by atoms with Gasteiger partial charge in [-0.2, -0.15) is 0 Å². The number of rotatable bonds is 2. The summed E-state index contributed by atoms with van der Waals surface area (Å²) in [6.07, 6.45) is 0. The first-order chi connectivity index (χ1) is 4.68. The Bertz CT molecular complexity index is 246. The summed E-state index contributed by atoms with van der Waals surface area (Å²) in [6, 6.07) is 3.64. The average molecular weight is 240 g/mol.